The van der Waals surface area contributed by atoms with Crippen LogP contribution >= 0.6 is 0 Å². The summed E-state index contributed by atoms with van der Waals surface area (Å²) in [5.41, 5.74) is 1.33. The Balaban J connectivity index is 1.88. The molecule has 2 N–H and O–H groups in total. The van der Waals surface area contributed by atoms with Crippen molar-refractivity contribution < 1.29 is 9.50 Å². The fraction of sp³-hybridized carbons (Fsp3) is 0.0500. The summed E-state index contributed by atoms with van der Waals surface area (Å²) >= 11 is 0. The van der Waals surface area contributed by atoms with Crippen LogP contribution in [-0.2, 0) is 0 Å². The van der Waals surface area contributed by atoms with Crippen molar-refractivity contribution in [2.45, 2.75) is 6.04 Å². The molecule has 2 aromatic carbocycles. The molecular weight excluding hydrogens is 331 g/mol. The molecule has 0 aliphatic rings. The Labute approximate surface area is 149 Å². The Hall–Kier alpha value is -3.54. The molecule has 0 bridgehead atoms. The zero-order valence-electron chi connectivity index (χ0n) is 13.7. The molecule has 26 heavy (non-hydrogen) atoms. The number of hydrogen-bond acceptors (Lipinski definition) is 5. The fourth-order valence-electron chi connectivity index (χ4n) is 2.91. The van der Waals surface area contributed by atoms with Crippen molar-refractivity contribution in [2.24, 2.45) is 0 Å². The lowest BCUT2D eigenvalue weighted by atomic mass is 9.96. The molecule has 6 heteroatoms. The molecule has 0 aliphatic heterocycles. The van der Waals surface area contributed by atoms with Crippen LogP contribution in [0.4, 0.5) is 10.3 Å². The minimum absolute atomic E-state index is 0.000200. The maximum Gasteiger partial charge on any atom is 0.223 e. The lowest BCUT2D eigenvalue weighted by Crippen LogP contribution is -2.16. The largest absolute Gasteiger partial charge is 0.505 e. The summed E-state index contributed by atoms with van der Waals surface area (Å²) in [5.74, 6) is -0.0532. The number of anilines is 1. The number of nitrogens with one attached hydrogen (secondary N) is 1. The van der Waals surface area contributed by atoms with Crippen LogP contribution in [0.25, 0.3) is 10.9 Å². The van der Waals surface area contributed by atoms with E-state index in [9.17, 15) is 9.50 Å². The molecule has 0 saturated heterocycles. The molecule has 4 rings (SSSR count). The number of phenolic OH excluding ortho intramolecular Hbond substituents is 1. The number of rotatable bonds is 4. The number of fused-ring (bicyclic) bond motifs is 1. The van der Waals surface area contributed by atoms with Gasteiger partial charge in [0.15, 0.2) is 0 Å². The number of pyridine rings is 1. The van der Waals surface area contributed by atoms with E-state index in [4.69, 9.17) is 0 Å². The molecule has 128 valence electrons. The summed E-state index contributed by atoms with van der Waals surface area (Å²) in [5, 5.41) is 14.7. The van der Waals surface area contributed by atoms with E-state index in [-0.39, 0.29) is 11.6 Å². The SMILES string of the molecule is Oc1c(C(Nc2ncccn2)c2ccccc2F)ccc2cccnc12. The fourth-order valence-corrected chi connectivity index (χ4v) is 2.91. The number of benzene rings is 2. The second-order valence-electron chi connectivity index (χ2n) is 5.75. The van der Waals surface area contributed by atoms with Gasteiger partial charge in [0.05, 0.1) is 6.04 Å². The van der Waals surface area contributed by atoms with Gasteiger partial charge in [-0.15, -0.1) is 0 Å². The summed E-state index contributed by atoms with van der Waals surface area (Å²) in [6.07, 6.45) is 4.79. The van der Waals surface area contributed by atoms with Crippen LogP contribution in [0.1, 0.15) is 17.2 Å². The van der Waals surface area contributed by atoms with Gasteiger partial charge in [0.2, 0.25) is 5.95 Å². The van der Waals surface area contributed by atoms with Gasteiger partial charge in [0.25, 0.3) is 0 Å². The first-order chi connectivity index (χ1) is 12.7. The average Bonchev–Trinajstić information content (AvgIpc) is 2.68. The van der Waals surface area contributed by atoms with Crippen LogP contribution in [0.5, 0.6) is 5.75 Å². The Morgan fingerprint density at radius 2 is 1.58 bits per heavy atom. The van der Waals surface area contributed by atoms with Gasteiger partial charge in [-0.3, -0.25) is 4.98 Å². The molecule has 2 heterocycles. The predicted octanol–water partition coefficient (Wildman–Crippen LogP) is 4.07. The van der Waals surface area contributed by atoms with E-state index in [1.54, 1.807) is 55.0 Å². The van der Waals surface area contributed by atoms with Crippen LogP contribution < -0.4 is 5.32 Å². The van der Waals surface area contributed by atoms with Crippen molar-refractivity contribution >= 4 is 16.9 Å². The number of hydrogen-bond donors (Lipinski definition) is 2. The average molecular weight is 346 g/mol. The van der Waals surface area contributed by atoms with Crippen LogP contribution in [0.2, 0.25) is 0 Å². The van der Waals surface area contributed by atoms with Gasteiger partial charge in [0.1, 0.15) is 17.1 Å². The third-order valence-electron chi connectivity index (χ3n) is 4.15. The van der Waals surface area contributed by atoms with Crippen LogP contribution in [0.3, 0.4) is 0 Å². The second-order valence-corrected chi connectivity index (χ2v) is 5.75. The third kappa shape index (κ3) is 2.93. The summed E-state index contributed by atoms with van der Waals surface area (Å²) in [6.45, 7) is 0. The van der Waals surface area contributed by atoms with Gasteiger partial charge in [-0.2, -0.15) is 0 Å². The summed E-state index contributed by atoms with van der Waals surface area (Å²) in [6, 6.07) is 14.7. The van der Waals surface area contributed by atoms with Crippen molar-refractivity contribution in [2.75, 3.05) is 5.32 Å². The number of aromatic nitrogens is 3. The van der Waals surface area contributed by atoms with E-state index >= 15 is 0 Å². The van der Waals surface area contributed by atoms with E-state index < -0.39 is 6.04 Å². The maximum atomic E-state index is 14.5. The Kier molecular flexibility index (Phi) is 4.15. The van der Waals surface area contributed by atoms with Gasteiger partial charge in [-0.1, -0.05) is 36.4 Å². The number of halogens is 1. The highest BCUT2D eigenvalue weighted by atomic mass is 19.1. The highest BCUT2D eigenvalue weighted by molar-refractivity contribution is 5.85. The van der Waals surface area contributed by atoms with Crippen molar-refractivity contribution in [3.63, 3.8) is 0 Å². The molecule has 0 aliphatic carbocycles. The summed E-state index contributed by atoms with van der Waals surface area (Å²) in [4.78, 5) is 12.5. The van der Waals surface area contributed by atoms with Gasteiger partial charge in [-0.05, 0) is 18.2 Å². The molecule has 4 aromatic rings. The first-order valence-electron chi connectivity index (χ1n) is 8.08. The van der Waals surface area contributed by atoms with E-state index in [0.717, 1.165) is 5.39 Å². The Bertz CT molecular complexity index is 1060. The zero-order chi connectivity index (χ0) is 17.9. The monoisotopic (exact) mass is 346 g/mol. The minimum atomic E-state index is -0.676. The smallest absolute Gasteiger partial charge is 0.223 e. The standard InChI is InChI=1S/C20H15FN4O/c21-16-7-2-1-6-14(16)18(25-20-23-11-4-12-24-20)15-9-8-13-5-3-10-22-17(13)19(15)26/h1-12,18,26H,(H,23,24,25). The first-order valence-corrected chi connectivity index (χ1v) is 8.08. The normalized spacial score (nSPS) is 12.0. The Morgan fingerprint density at radius 3 is 2.38 bits per heavy atom. The molecular formula is C20H15FN4O. The Morgan fingerprint density at radius 1 is 0.808 bits per heavy atom. The van der Waals surface area contributed by atoms with Gasteiger partial charge in [-0.25, -0.2) is 14.4 Å². The van der Waals surface area contributed by atoms with Crippen molar-refractivity contribution in [3.05, 3.63) is 90.1 Å². The number of nitrogens with zero attached hydrogens (tertiary/aromatic N) is 3. The third-order valence-corrected chi connectivity index (χ3v) is 4.15. The highest BCUT2D eigenvalue weighted by Gasteiger charge is 2.23. The number of aromatic hydroxyl groups is 1. The molecule has 0 saturated carbocycles. The second kappa shape index (κ2) is 6.76. The topological polar surface area (TPSA) is 70.9 Å². The number of phenols is 1. The molecule has 0 radical (unpaired) electrons. The molecule has 0 spiro atoms. The quantitative estimate of drug-likeness (QED) is 0.583. The van der Waals surface area contributed by atoms with E-state index in [1.807, 2.05) is 12.1 Å². The van der Waals surface area contributed by atoms with Crippen molar-refractivity contribution in [1.82, 2.24) is 15.0 Å². The van der Waals surface area contributed by atoms with Crippen molar-refractivity contribution in [3.8, 4) is 5.75 Å². The lowest BCUT2D eigenvalue weighted by Gasteiger charge is -2.21. The van der Waals surface area contributed by atoms with E-state index in [2.05, 4.69) is 20.3 Å². The van der Waals surface area contributed by atoms with Crippen molar-refractivity contribution in [1.29, 1.82) is 0 Å². The summed E-state index contributed by atoms with van der Waals surface area (Å²) in [7, 11) is 0. The maximum absolute atomic E-state index is 14.5. The summed E-state index contributed by atoms with van der Waals surface area (Å²) < 4.78 is 14.5. The van der Waals surface area contributed by atoms with Crippen LogP contribution in [-0.4, -0.2) is 20.1 Å². The van der Waals surface area contributed by atoms with Gasteiger partial charge >= 0.3 is 0 Å². The molecule has 0 fully saturated rings. The highest BCUT2D eigenvalue weighted by Crippen LogP contribution is 2.36. The van der Waals surface area contributed by atoms with Gasteiger partial charge in [0, 0.05) is 35.1 Å². The molecule has 0 amide bonds. The zero-order valence-corrected chi connectivity index (χ0v) is 13.7. The minimum Gasteiger partial charge on any atom is -0.505 e. The van der Waals surface area contributed by atoms with Crippen LogP contribution in [0, 0.1) is 5.82 Å². The molecule has 2 aromatic heterocycles. The lowest BCUT2D eigenvalue weighted by molar-refractivity contribution is 0.470. The molecule has 1 atom stereocenters. The van der Waals surface area contributed by atoms with Crippen LogP contribution in [0.15, 0.2) is 73.2 Å². The van der Waals surface area contributed by atoms with E-state index in [0.29, 0.717) is 22.6 Å². The first kappa shape index (κ1) is 16.0. The molecule has 5 nitrogen and oxygen atoms in total. The molecule has 1 unspecified atom stereocenters. The van der Waals surface area contributed by atoms with Gasteiger partial charge < -0.3 is 10.4 Å². The van der Waals surface area contributed by atoms with E-state index in [1.165, 1.54) is 6.07 Å². The predicted molar refractivity (Wildman–Crippen MR) is 97.3 cm³/mol.